The summed E-state index contributed by atoms with van der Waals surface area (Å²) in [4.78, 5) is 12.8. The fraction of sp³-hybridized carbons (Fsp3) is 0.727. The topological polar surface area (TPSA) is 60.8 Å². The number of carbonyl (C=O) groups is 1. The second kappa shape index (κ2) is 5.88. The van der Waals surface area contributed by atoms with E-state index in [4.69, 9.17) is 5.11 Å². The number of hydrogen-bond donors (Lipinski definition) is 2. The number of carboxylic acid groups (broad SMARTS) is 1. The molecule has 1 unspecified atom stereocenters. The van der Waals surface area contributed by atoms with Gasteiger partial charge in [0.05, 0.1) is 6.10 Å². The monoisotopic (exact) mass is 213 g/mol. The minimum Gasteiger partial charge on any atom is -0.478 e. The number of piperidine rings is 1. The molecule has 1 aliphatic rings. The number of aliphatic hydroxyl groups excluding tert-OH is 1. The minimum absolute atomic E-state index is 0.248. The number of aliphatic carboxylic acids is 1. The van der Waals surface area contributed by atoms with Gasteiger partial charge in [0.25, 0.3) is 0 Å². The third-order valence-electron chi connectivity index (χ3n) is 2.73. The Bertz CT molecular complexity index is 250. The van der Waals surface area contributed by atoms with Crippen LogP contribution in [0.5, 0.6) is 0 Å². The Kier molecular flexibility index (Phi) is 4.78. The lowest BCUT2D eigenvalue weighted by molar-refractivity contribution is -0.132. The first-order valence-electron chi connectivity index (χ1n) is 5.46. The van der Waals surface area contributed by atoms with Crippen LogP contribution in [0.25, 0.3) is 0 Å². The summed E-state index contributed by atoms with van der Waals surface area (Å²) in [6.07, 6.45) is 3.90. The fourth-order valence-electron chi connectivity index (χ4n) is 1.82. The maximum atomic E-state index is 10.7. The SMILES string of the molecule is CCC(=CCN1CCCC(O)C1)C(=O)O. The van der Waals surface area contributed by atoms with Gasteiger partial charge >= 0.3 is 5.97 Å². The third-order valence-corrected chi connectivity index (χ3v) is 2.73. The molecule has 1 heterocycles. The highest BCUT2D eigenvalue weighted by atomic mass is 16.4. The second-order valence-corrected chi connectivity index (χ2v) is 3.94. The highest BCUT2D eigenvalue weighted by Crippen LogP contribution is 2.10. The van der Waals surface area contributed by atoms with Crippen molar-refractivity contribution in [3.8, 4) is 0 Å². The van der Waals surface area contributed by atoms with E-state index in [2.05, 4.69) is 4.90 Å². The van der Waals surface area contributed by atoms with Crippen LogP contribution in [-0.2, 0) is 4.79 Å². The molecule has 1 atom stereocenters. The summed E-state index contributed by atoms with van der Waals surface area (Å²) in [5.74, 6) is -0.838. The predicted octanol–water partition coefficient (Wildman–Crippen LogP) is 0.864. The third kappa shape index (κ3) is 4.01. The van der Waals surface area contributed by atoms with E-state index in [1.807, 2.05) is 6.92 Å². The van der Waals surface area contributed by atoms with Gasteiger partial charge in [-0.2, -0.15) is 0 Å². The van der Waals surface area contributed by atoms with Gasteiger partial charge in [-0.3, -0.25) is 4.90 Å². The first-order valence-corrected chi connectivity index (χ1v) is 5.46. The lowest BCUT2D eigenvalue weighted by Gasteiger charge is -2.28. The van der Waals surface area contributed by atoms with Gasteiger partial charge in [0.15, 0.2) is 0 Å². The summed E-state index contributed by atoms with van der Waals surface area (Å²) in [6, 6.07) is 0. The first kappa shape index (κ1) is 12.2. The molecule has 0 amide bonds. The largest absolute Gasteiger partial charge is 0.478 e. The lowest BCUT2D eigenvalue weighted by Crippen LogP contribution is -2.38. The van der Waals surface area contributed by atoms with Gasteiger partial charge in [-0.25, -0.2) is 4.79 Å². The highest BCUT2D eigenvalue weighted by molar-refractivity contribution is 5.86. The Morgan fingerprint density at radius 3 is 2.87 bits per heavy atom. The van der Waals surface area contributed by atoms with Crippen molar-refractivity contribution in [2.75, 3.05) is 19.6 Å². The molecular formula is C11H19NO3. The van der Waals surface area contributed by atoms with E-state index in [-0.39, 0.29) is 6.10 Å². The molecule has 0 aliphatic carbocycles. The van der Waals surface area contributed by atoms with Crippen molar-refractivity contribution < 1.29 is 15.0 Å². The molecule has 0 bridgehead atoms. The molecule has 2 N–H and O–H groups in total. The zero-order chi connectivity index (χ0) is 11.3. The smallest absolute Gasteiger partial charge is 0.331 e. The van der Waals surface area contributed by atoms with E-state index in [1.165, 1.54) is 0 Å². The molecule has 1 fully saturated rings. The Morgan fingerprint density at radius 2 is 2.33 bits per heavy atom. The van der Waals surface area contributed by atoms with Crippen molar-refractivity contribution in [3.63, 3.8) is 0 Å². The van der Waals surface area contributed by atoms with Crippen LogP contribution in [-0.4, -0.2) is 46.8 Å². The quantitative estimate of drug-likeness (QED) is 0.680. The summed E-state index contributed by atoms with van der Waals surface area (Å²) in [7, 11) is 0. The lowest BCUT2D eigenvalue weighted by atomic mass is 10.1. The molecule has 0 aromatic carbocycles. The van der Waals surface area contributed by atoms with Crippen molar-refractivity contribution in [2.24, 2.45) is 0 Å². The van der Waals surface area contributed by atoms with Crippen LogP contribution >= 0.6 is 0 Å². The number of hydrogen-bond acceptors (Lipinski definition) is 3. The fourth-order valence-corrected chi connectivity index (χ4v) is 1.82. The zero-order valence-electron chi connectivity index (χ0n) is 9.15. The van der Waals surface area contributed by atoms with Crippen molar-refractivity contribution in [1.82, 2.24) is 4.90 Å². The standard InChI is InChI=1S/C11H19NO3/c1-2-9(11(14)15)5-7-12-6-3-4-10(13)8-12/h5,10,13H,2-4,6-8H2,1H3,(H,14,15). The van der Waals surface area contributed by atoms with Crippen molar-refractivity contribution in [2.45, 2.75) is 32.3 Å². The van der Waals surface area contributed by atoms with Crippen LogP contribution in [0.3, 0.4) is 0 Å². The molecule has 0 saturated carbocycles. The summed E-state index contributed by atoms with van der Waals surface area (Å²) in [5, 5.41) is 18.3. The number of aliphatic hydroxyl groups is 1. The average Bonchev–Trinajstić information content (AvgIpc) is 2.18. The zero-order valence-corrected chi connectivity index (χ0v) is 9.15. The molecule has 1 rings (SSSR count). The van der Waals surface area contributed by atoms with Crippen LogP contribution in [0.2, 0.25) is 0 Å². The van der Waals surface area contributed by atoms with Gasteiger partial charge in [0, 0.05) is 18.7 Å². The van der Waals surface area contributed by atoms with Crippen molar-refractivity contribution in [1.29, 1.82) is 0 Å². The van der Waals surface area contributed by atoms with E-state index in [9.17, 15) is 9.90 Å². The molecule has 86 valence electrons. The van der Waals surface area contributed by atoms with Gasteiger partial charge < -0.3 is 10.2 Å². The summed E-state index contributed by atoms with van der Waals surface area (Å²) >= 11 is 0. The van der Waals surface area contributed by atoms with Crippen LogP contribution in [0.15, 0.2) is 11.6 Å². The summed E-state index contributed by atoms with van der Waals surface area (Å²) < 4.78 is 0. The maximum Gasteiger partial charge on any atom is 0.331 e. The first-order chi connectivity index (χ1) is 7.13. The Balaban J connectivity index is 2.43. The number of carboxylic acids is 1. The normalized spacial score (nSPS) is 24.1. The molecular weight excluding hydrogens is 194 g/mol. The van der Waals surface area contributed by atoms with Gasteiger partial charge in [-0.15, -0.1) is 0 Å². The molecule has 0 aromatic heterocycles. The minimum atomic E-state index is -0.838. The molecule has 0 radical (unpaired) electrons. The predicted molar refractivity (Wildman–Crippen MR) is 57.7 cm³/mol. The second-order valence-electron chi connectivity index (χ2n) is 3.94. The summed E-state index contributed by atoms with van der Waals surface area (Å²) in [5.41, 5.74) is 0.454. The highest BCUT2D eigenvalue weighted by Gasteiger charge is 2.16. The Labute approximate surface area is 90.2 Å². The molecule has 15 heavy (non-hydrogen) atoms. The molecule has 4 heteroatoms. The maximum absolute atomic E-state index is 10.7. The van der Waals surface area contributed by atoms with Crippen LogP contribution < -0.4 is 0 Å². The number of likely N-dealkylation sites (tertiary alicyclic amines) is 1. The van der Waals surface area contributed by atoms with E-state index in [0.29, 0.717) is 25.1 Å². The van der Waals surface area contributed by atoms with E-state index in [1.54, 1.807) is 6.08 Å². The van der Waals surface area contributed by atoms with E-state index in [0.717, 1.165) is 19.4 Å². The van der Waals surface area contributed by atoms with Crippen molar-refractivity contribution in [3.05, 3.63) is 11.6 Å². The van der Waals surface area contributed by atoms with Gasteiger partial charge in [-0.05, 0) is 25.8 Å². The van der Waals surface area contributed by atoms with Gasteiger partial charge in [-0.1, -0.05) is 13.0 Å². The average molecular weight is 213 g/mol. The van der Waals surface area contributed by atoms with Gasteiger partial charge in [0.1, 0.15) is 0 Å². The van der Waals surface area contributed by atoms with E-state index < -0.39 is 5.97 Å². The Hall–Kier alpha value is -0.870. The van der Waals surface area contributed by atoms with Crippen molar-refractivity contribution >= 4 is 5.97 Å². The Morgan fingerprint density at radius 1 is 1.60 bits per heavy atom. The molecule has 0 spiro atoms. The number of nitrogens with zero attached hydrogens (tertiary/aromatic N) is 1. The number of rotatable bonds is 4. The summed E-state index contributed by atoms with van der Waals surface area (Å²) in [6.45, 7) is 4.08. The molecule has 4 nitrogen and oxygen atoms in total. The molecule has 1 saturated heterocycles. The van der Waals surface area contributed by atoms with Gasteiger partial charge in [0.2, 0.25) is 0 Å². The van der Waals surface area contributed by atoms with E-state index >= 15 is 0 Å². The molecule has 1 aliphatic heterocycles. The van der Waals surface area contributed by atoms with Crippen LogP contribution in [0.4, 0.5) is 0 Å². The van der Waals surface area contributed by atoms with Crippen LogP contribution in [0, 0.1) is 0 Å². The van der Waals surface area contributed by atoms with Crippen LogP contribution in [0.1, 0.15) is 26.2 Å². The number of β-amino-alcohol motifs (C(OH)–C–C–N with tert-alkyl or cyclic N) is 1. The molecule has 0 aromatic rings.